The maximum absolute atomic E-state index is 14.5. The van der Waals surface area contributed by atoms with E-state index < -0.39 is 7.60 Å². The number of nitrogens with one attached hydrogen (secondary N) is 1. The van der Waals surface area contributed by atoms with E-state index in [0.29, 0.717) is 19.5 Å². The van der Waals surface area contributed by atoms with Crippen LogP contribution in [-0.4, -0.2) is 28.2 Å². The predicted molar refractivity (Wildman–Crippen MR) is 136 cm³/mol. The standard InChI is InChI=1S/C25H34ClFNO3PS/c26-22-18-20(19-28-15-7-16-32(29,30)31)10-11-24(22)33-17-6-5-14-25(12-3-4-13-25)21-8-1-2-9-23(21)27/h1-2,8-11,18,28H,3-7,12-17,19H2,(H2,29,30,31). The summed E-state index contributed by atoms with van der Waals surface area (Å²) in [5.74, 6) is 0.921. The van der Waals surface area contributed by atoms with E-state index in [-0.39, 0.29) is 17.4 Å². The van der Waals surface area contributed by atoms with Crippen molar-refractivity contribution in [2.75, 3.05) is 18.5 Å². The van der Waals surface area contributed by atoms with E-state index in [1.165, 1.54) is 12.8 Å². The van der Waals surface area contributed by atoms with E-state index in [2.05, 4.69) is 5.32 Å². The molecule has 0 spiro atoms. The van der Waals surface area contributed by atoms with E-state index >= 15 is 0 Å². The molecule has 8 heteroatoms. The molecule has 0 atom stereocenters. The van der Waals surface area contributed by atoms with Crippen LogP contribution in [0.1, 0.15) is 62.5 Å². The fourth-order valence-electron chi connectivity index (χ4n) is 4.76. The Hall–Kier alpha value is -0.880. The van der Waals surface area contributed by atoms with Crippen LogP contribution in [0.5, 0.6) is 0 Å². The average molecular weight is 514 g/mol. The molecule has 1 fully saturated rings. The van der Waals surface area contributed by atoms with Crippen LogP contribution in [-0.2, 0) is 16.5 Å². The van der Waals surface area contributed by atoms with Gasteiger partial charge in [-0.05, 0) is 79.1 Å². The summed E-state index contributed by atoms with van der Waals surface area (Å²) in [6.45, 7) is 1.16. The second-order valence-electron chi connectivity index (χ2n) is 8.96. The minimum Gasteiger partial charge on any atom is -0.324 e. The normalized spacial score (nSPS) is 15.8. The zero-order valence-corrected chi connectivity index (χ0v) is 21.4. The lowest BCUT2D eigenvalue weighted by molar-refractivity contribution is 0.371. The molecule has 1 aliphatic carbocycles. The van der Waals surface area contributed by atoms with Crippen LogP contribution in [0.3, 0.4) is 0 Å². The molecule has 0 unspecified atom stereocenters. The summed E-state index contributed by atoms with van der Waals surface area (Å²) in [5, 5.41) is 3.92. The Kier molecular flexibility index (Phi) is 10.3. The molecular formula is C25H34ClFNO3PS. The second-order valence-corrected chi connectivity index (χ2v) is 12.3. The smallest absolute Gasteiger partial charge is 0.324 e. The molecular weight excluding hydrogens is 480 g/mol. The van der Waals surface area contributed by atoms with Gasteiger partial charge in [0.25, 0.3) is 0 Å². The molecule has 0 saturated heterocycles. The molecule has 0 aliphatic heterocycles. The Morgan fingerprint density at radius 2 is 1.85 bits per heavy atom. The minimum atomic E-state index is -3.92. The van der Waals surface area contributed by atoms with Crippen LogP contribution >= 0.6 is 31.0 Å². The molecule has 0 radical (unpaired) electrons. The molecule has 0 amide bonds. The first-order chi connectivity index (χ1) is 15.8. The van der Waals surface area contributed by atoms with Gasteiger partial charge in [0, 0.05) is 11.4 Å². The van der Waals surface area contributed by atoms with Gasteiger partial charge in [-0.1, -0.05) is 55.1 Å². The van der Waals surface area contributed by atoms with E-state index in [1.807, 2.05) is 30.3 Å². The van der Waals surface area contributed by atoms with Crippen molar-refractivity contribution in [3.05, 3.63) is 64.4 Å². The Morgan fingerprint density at radius 1 is 1.09 bits per heavy atom. The molecule has 0 heterocycles. The summed E-state index contributed by atoms with van der Waals surface area (Å²) in [6, 6.07) is 13.3. The third kappa shape index (κ3) is 8.38. The fraction of sp³-hybridized carbons (Fsp3) is 0.520. The van der Waals surface area contributed by atoms with Crippen LogP contribution in [0.25, 0.3) is 0 Å². The van der Waals surface area contributed by atoms with Crippen molar-refractivity contribution in [2.24, 2.45) is 0 Å². The van der Waals surface area contributed by atoms with Crippen LogP contribution in [0.2, 0.25) is 5.02 Å². The van der Waals surface area contributed by atoms with E-state index in [0.717, 1.165) is 58.9 Å². The number of benzene rings is 2. The van der Waals surface area contributed by atoms with Crippen molar-refractivity contribution >= 4 is 31.0 Å². The highest BCUT2D eigenvalue weighted by Gasteiger charge is 2.36. The van der Waals surface area contributed by atoms with Crippen LogP contribution in [0.15, 0.2) is 47.4 Å². The van der Waals surface area contributed by atoms with Gasteiger partial charge in [-0.15, -0.1) is 11.8 Å². The maximum atomic E-state index is 14.5. The quantitative estimate of drug-likeness (QED) is 0.154. The highest BCUT2D eigenvalue weighted by atomic mass is 35.5. The molecule has 1 saturated carbocycles. The van der Waals surface area contributed by atoms with Crippen molar-refractivity contribution in [1.29, 1.82) is 0 Å². The molecule has 1 aliphatic rings. The molecule has 4 nitrogen and oxygen atoms in total. The average Bonchev–Trinajstić information content (AvgIpc) is 3.24. The van der Waals surface area contributed by atoms with Crippen LogP contribution < -0.4 is 5.32 Å². The number of unbranched alkanes of at least 4 members (excludes halogenated alkanes) is 1. The molecule has 33 heavy (non-hydrogen) atoms. The Balaban J connectivity index is 1.40. The van der Waals surface area contributed by atoms with Gasteiger partial charge in [0.15, 0.2) is 0 Å². The summed E-state index contributed by atoms with van der Waals surface area (Å²) in [4.78, 5) is 18.8. The first-order valence-corrected chi connectivity index (χ1v) is 14.9. The number of halogens is 2. The first-order valence-electron chi connectivity index (χ1n) is 11.7. The fourth-order valence-corrected chi connectivity index (χ4v) is 6.63. The number of hydrogen-bond donors (Lipinski definition) is 3. The third-order valence-electron chi connectivity index (χ3n) is 6.44. The van der Waals surface area contributed by atoms with Gasteiger partial charge in [0.1, 0.15) is 5.82 Å². The molecule has 0 bridgehead atoms. The van der Waals surface area contributed by atoms with Crippen molar-refractivity contribution in [2.45, 2.75) is 68.2 Å². The highest BCUT2D eigenvalue weighted by Crippen LogP contribution is 2.46. The zero-order valence-electron chi connectivity index (χ0n) is 18.9. The van der Waals surface area contributed by atoms with Crippen molar-refractivity contribution in [3.63, 3.8) is 0 Å². The summed E-state index contributed by atoms with van der Waals surface area (Å²) >= 11 is 8.23. The van der Waals surface area contributed by atoms with E-state index in [4.69, 9.17) is 21.4 Å². The van der Waals surface area contributed by atoms with Crippen molar-refractivity contribution in [1.82, 2.24) is 5.32 Å². The molecule has 2 aromatic rings. The summed E-state index contributed by atoms with van der Waals surface area (Å²) in [5.41, 5.74) is 1.96. The largest absolute Gasteiger partial charge is 0.325 e. The van der Waals surface area contributed by atoms with Gasteiger partial charge in [0.2, 0.25) is 0 Å². The summed E-state index contributed by atoms with van der Waals surface area (Å²) in [7, 11) is -3.92. The minimum absolute atomic E-state index is 0.00753. The zero-order chi connectivity index (χ0) is 23.7. The molecule has 3 rings (SSSR count). The summed E-state index contributed by atoms with van der Waals surface area (Å²) in [6.07, 6.45) is 8.06. The molecule has 182 valence electrons. The van der Waals surface area contributed by atoms with Crippen molar-refractivity contribution < 1.29 is 18.7 Å². The van der Waals surface area contributed by atoms with E-state index in [9.17, 15) is 8.96 Å². The van der Waals surface area contributed by atoms with Gasteiger partial charge in [0.05, 0.1) is 11.2 Å². The molecule has 2 aromatic carbocycles. The van der Waals surface area contributed by atoms with Crippen LogP contribution in [0.4, 0.5) is 4.39 Å². The topological polar surface area (TPSA) is 69.6 Å². The Labute approximate surface area is 205 Å². The lowest BCUT2D eigenvalue weighted by Crippen LogP contribution is -2.23. The lowest BCUT2D eigenvalue weighted by atomic mass is 9.75. The van der Waals surface area contributed by atoms with Gasteiger partial charge in [-0.25, -0.2) is 4.39 Å². The Morgan fingerprint density at radius 3 is 2.55 bits per heavy atom. The second kappa shape index (κ2) is 12.7. The summed E-state index contributed by atoms with van der Waals surface area (Å²) < 4.78 is 25.3. The molecule has 3 N–H and O–H groups in total. The SMILES string of the molecule is O=P(O)(O)CCCNCc1ccc(SCCCCC2(c3ccccc3F)CCCC2)c(Cl)c1. The number of thioether (sulfide) groups is 1. The van der Waals surface area contributed by atoms with Gasteiger partial charge < -0.3 is 15.1 Å². The maximum Gasteiger partial charge on any atom is 0.325 e. The van der Waals surface area contributed by atoms with Gasteiger partial charge in [-0.3, -0.25) is 4.57 Å². The third-order valence-corrected chi connectivity index (χ3v) is 8.92. The first kappa shape index (κ1) is 26.7. The number of rotatable bonds is 13. The highest BCUT2D eigenvalue weighted by molar-refractivity contribution is 7.99. The van der Waals surface area contributed by atoms with Crippen molar-refractivity contribution in [3.8, 4) is 0 Å². The van der Waals surface area contributed by atoms with Crippen LogP contribution in [0, 0.1) is 5.82 Å². The van der Waals surface area contributed by atoms with Gasteiger partial charge in [-0.2, -0.15) is 0 Å². The monoisotopic (exact) mass is 513 g/mol. The van der Waals surface area contributed by atoms with E-state index in [1.54, 1.807) is 23.9 Å². The number of hydrogen-bond acceptors (Lipinski definition) is 3. The molecule has 0 aromatic heterocycles. The predicted octanol–water partition coefficient (Wildman–Crippen LogP) is 6.91. The Bertz CT molecular complexity index is 949. The lowest BCUT2D eigenvalue weighted by Gasteiger charge is -2.30. The van der Waals surface area contributed by atoms with Gasteiger partial charge >= 0.3 is 7.60 Å².